The molecule has 1 aromatic rings. The lowest BCUT2D eigenvalue weighted by Crippen LogP contribution is -2.16. The van der Waals surface area contributed by atoms with Crippen LogP contribution in [-0.4, -0.2) is 18.3 Å². The van der Waals surface area contributed by atoms with Gasteiger partial charge < -0.3 is 14.6 Å². The van der Waals surface area contributed by atoms with Crippen LogP contribution in [0.25, 0.3) is 0 Å². The first-order chi connectivity index (χ1) is 6.68. The van der Waals surface area contributed by atoms with E-state index in [1.807, 2.05) is 12.1 Å². The number of hydrogen-bond acceptors (Lipinski definition) is 3. The maximum Gasteiger partial charge on any atom is 0.175 e. The van der Waals surface area contributed by atoms with Crippen molar-refractivity contribution in [3.8, 4) is 11.5 Å². The smallest absolute Gasteiger partial charge is 0.175 e. The molecule has 1 aliphatic rings. The predicted molar refractivity (Wildman–Crippen MR) is 55.8 cm³/mol. The van der Waals surface area contributed by atoms with Crippen molar-refractivity contribution < 1.29 is 14.6 Å². The van der Waals surface area contributed by atoms with Gasteiger partial charge in [-0.25, -0.2) is 0 Å². The second kappa shape index (κ2) is 3.79. The lowest BCUT2D eigenvalue weighted by Gasteiger charge is -2.21. The van der Waals surface area contributed by atoms with Gasteiger partial charge in [0.05, 0.1) is 10.6 Å². The molecular formula is C10H11BrO3. The minimum absolute atomic E-state index is 0.498. The normalized spacial score (nSPS) is 16.5. The highest BCUT2D eigenvalue weighted by Gasteiger charge is 2.17. The molecule has 1 aromatic carbocycles. The Hall–Kier alpha value is -0.740. The van der Waals surface area contributed by atoms with Crippen molar-refractivity contribution in [2.45, 2.75) is 13.0 Å². The summed E-state index contributed by atoms with van der Waals surface area (Å²) in [5.41, 5.74) is 0.820. The summed E-state index contributed by atoms with van der Waals surface area (Å²) in [7, 11) is 0. The third kappa shape index (κ3) is 1.72. The maximum absolute atomic E-state index is 9.43. The molecule has 14 heavy (non-hydrogen) atoms. The van der Waals surface area contributed by atoms with Crippen LogP contribution in [0.15, 0.2) is 16.6 Å². The number of hydrogen-bond donors (Lipinski definition) is 1. The number of fused-ring (bicyclic) bond motifs is 1. The molecule has 0 saturated heterocycles. The summed E-state index contributed by atoms with van der Waals surface area (Å²) in [5, 5.41) is 9.43. The minimum Gasteiger partial charge on any atom is -0.486 e. The van der Waals surface area contributed by atoms with E-state index in [0.717, 1.165) is 15.8 Å². The number of aliphatic hydroxyl groups is 1. The molecule has 1 heterocycles. The Morgan fingerprint density at radius 3 is 2.79 bits per heavy atom. The molecule has 0 amide bonds. The number of rotatable bonds is 1. The summed E-state index contributed by atoms with van der Waals surface area (Å²) in [6.45, 7) is 2.85. The van der Waals surface area contributed by atoms with Crippen molar-refractivity contribution in [1.29, 1.82) is 0 Å². The second-order valence-corrected chi connectivity index (χ2v) is 4.06. The lowest BCUT2D eigenvalue weighted by atomic mass is 10.1. The van der Waals surface area contributed by atoms with Crippen LogP contribution in [-0.2, 0) is 0 Å². The quantitative estimate of drug-likeness (QED) is 0.840. The molecule has 0 spiro atoms. The van der Waals surface area contributed by atoms with Crippen molar-refractivity contribution in [2.75, 3.05) is 13.2 Å². The van der Waals surface area contributed by atoms with E-state index in [2.05, 4.69) is 15.9 Å². The van der Waals surface area contributed by atoms with E-state index in [1.165, 1.54) is 0 Å². The lowest BCUT2D eigenvalue weighted by molar-refractivity contribution is 0.167. The molecule has 0 fully saturated rings. The number of halogens is 1. The first kappa shape index (κ1) is 9.80. The molecule has 76 valence electrons. The predicted octanol–water partition coefficient (Wildman–Crippen LogP) is 2.27. The largest absolute Gasteiger partial charge is 0.486 e. The SMILES string of the molecule is C[C@@H](O)c1cc(Br)c2c(c1)OCCO2. The molecule has 0 saturated carbocycles. The molecule has 0 radical (unpaired) electrons. The summed E-state index contributed by atoms with van der Waals surface area (Å²) in [6.07, 6.45) is -0.498. The monoisotopic (exact) mass is 258 g/mol. The molecule has 1 N–H and O–H groups in total. The van der Waals surface area contributed by atoms with Gasteiger partial charge in [-0.2, -0.15) is 0 Å². The Balaban J connectivity index is 2.46. The Kier molecular flexibility index (Phi) is 2.65. The van der Waals surface area contributed by atoms with Crippen LogP contribution in [0.2, 0.25) is 0 Å². The zero-order valence-electron chi connectivity index (χ0n) is 7.79. The first-order valence-corrected chi connectivity index (χ1v) is 5.25. The van der Waals surface area contributed by atoms with Crippen molar-refractivity contribution in [3.05, 3.63) is 22.2 Å². The van der Waals surface area contributed by atoms with Gasteiger partial charge >= 0.3 is 0 Å². The van der Waals surface area contributed by atoms with E-state index in [1.54, 1.807) is 6.92 Å². The zero-order valence-corrected chi connectivity index (χ0v) is 9.37. The van der Waals surface area contributed by atoms with Crippen LogP contribution in [0.1, 0.15) is 18.6 Å². The Morgan fingerprint density at radius 1 is 1.36 bits per heavy atom. The summed E-state index contributed by atoms with van der Waals surface area (Å²) in [6, 6.07) is 3.65. The van der Waals surface area contributed by atoms with Gasteiger partial charge in [0.2, 0.25) is 0 Å². The van der Waals surface area contributed by atoms with E-state index in [4.69, 9.17) is 9.47 Å². The summed E-state index contributed by atoms with van der Waals surface area (Å²) in [5.74, 6) is 1.42. The van der Waals surface area contributed by atoms with Gasteiger partial charge in [-0.15, -0.1) is 0 Å². The molecule has 1 atom stereocenters. The summed E-state index contributed by atoms with van der Waals surface area (Å²) >= 11 is 3.39. The molecule has 1 aliphatic heterocycles. The van der Waals surface area contributed by atoms with Crippen LogP contribution in [0, 0.1) is 0 Å². The van der Waals surface area contributed by atoms with Crippen molar-refractivity contribution in [1.82, 2.24) is 0 Å². The summed E-state index contributed by atoms with van der Waals surface area (Å²) in [4.78, 5) is 0. The molecule has 0 bridgehead atoms. The van der Waals surface area contributed by atoms with Gasteiger partial charge in [0.1, 0.15) is 13.2 Å². The Labute approximate surface area is 90.8 Å². The van der Waals surface area contributed by atoms with Gasteiger partial charge in [-0.3, -0.25) is 0 Å². The van der Waals surface area contributed by atoms with E-state index in [0.29, 0.717) is 19.0 Å². The fourth-order valence-electron chi connectivity index (χ4n) is 1.37. The number of benzene rings is 1. The van der Waals surface area contributed by atoms with Gasteiger partial charge in [-0.05, 0) is 40.5 Å². The molecular weight excluding hydrogens is 248 g/mol. The zero-order chi connectivity index (χ0) is 10.1. The van der Waals surface area contributed by atoms with E-state index in [9.17, 15) is 5.11 Å². The van der Waals surface area contributed by atoms with E-state index >= 15 is 0 Å². The van der Waals surface area contributed by atoms with Crippen molar-refractivity contribution in [2.24, 2.45) is 0 Å². The molecule has 0 aliphatic carbocycles. The van der Waals surface area contributed by atoms with Crippen LogP contribution in [0.5, 0.6) is 11.5 Å². The average Bonchev–Trinajstić information content (AvgIpc) is 2.17. The Bertz CT molecular complexity index is 349. The average molecular weight is 259 g/mol. The molecule has 0 aromatic heterocycles. The highest BCUT2D eigenvalue weighted by Crippen LogP contribution is 2.39. The van der Waals surface area contributed by atoms with Gasteiger partial charge in [0, 0.05) is 0 Å². The van der Waals surface area contributed by atoms with E-state index in [-0.39, 0.29) is 0 Å². The molecule has 4 heteroatoms. The highest BCUT2D eigenvalue weighted by atomic mass is 79.9. The fraction of sp³-hybridized carbons (Fsp3) is 0.400. The Morgan fingerprint density at radius 2 is 2.07 bits per heavy atom. The highest BCUT2D eigenvalue weighted by molar-refractivity contribution is 9.10. The van der Waals surface area contributed by atoms with Gasteiger partial charge in [0.25, 0.3) is 0 Å². The minimum atomic E-state index is -0.498. The first-order valence-electron chi connectivity index (χ1n) is 4.45. The fourth-order valence-corrected chi connectivity index (χ4v) is 1.95. The molecule has 2 rings (SSSR count). The summed E-state index contributed by atoms with van der Waals surface area (Å²) < 4.78 is 11.7. The van der Waals surface area contributed by atoms with Crippen molar-refractivity contribution in [3.63, 3.8) is 0 Å². The number of aliphatic hydroxyl groups excluding tert-OH is 1. The topological polar surface area (TPSA) is 38.7 Å². The van der Waals surface area contributed by atoms with Gasteiger partial charge in [-0.1, -0.05) is 0 Å². The van der Waals surface area contributed by atoms with Crippen LogP contribution < -0.4 is 9.47 Å². The van der Waals surface area contributed by atoms with Crippen molar-refractivity contribution >= 4 is 15.9 Å². The number of ether oxygens (including phenoxy) is 2. The van der Waals surface area contributed by atoms with Crippen LogP contribution in [0.3, 0.4) is 0 Å². The van der Waals surface area contributed by atoms with Crippen LogP contribution in [0.4, 0.5) is 0 Å². The molecule has 3 nitrogen and oxygen atoms in total. The third-order valence-electron chi connectivity index (χ3n) is 2.10. The van der Waals surface area contributed by atoms with Gasteiger partial charge in [0.15, 0.2) is 11.5 Å². The van der Waals surface area contributed by atoms with Crippen LogP contribution >= 0.6 is 15.9 Å². The third-order valence-corrected chi connectivity index (χ3v) is 2.69. The molecule has 0 unspecified atom stereocenters. The van der Waals surface area contributed by atoms with E-state index < -0.39 is 6.10 Å². The maximum atomic E-state index is 9.43. The standard InChI is InChI=1S/C10H11BrO3/c1-6(12)7-4-8(11)10-9(5-7)13-2-3-14-10/h4-6,12H,2-3H2,1H3/t6-/m1/s1. The second-order valence-electron chi connectivity index (χ2n) is 3.20.